The van der Waals surface area contributed by atoms with Crippen molar-refractivity contribution in [3.63, 3.8) is 0 Å². The van der Waals surface area contributed by atoms with Gasteiger partial charge in [0, 0.05) is 29.9 Å². The Morgan fingerprint density at radius 1 is 0.838 bits per heavy atom. The summed E-state index contributed by atoms with van der Waals surface area (Å²) in [5.41, 5.74) is 1.27. The number of aromatic nitrogens is 3. The zero-order chi connectivity index (χ0) is 25.9. The third kappa shape index (κ3) is 4.79. The number of H-pyrrole nitrogens is 2. The lowest BCUT2D eigenvalue weighted by atomic mass is 10.0. The molecule has 0 spiro atoms. The molecular weight excluding hydrogens is 472 g/mol. The Bertz CT molecular complexity index is 1720. The molecule has 0 aliphatic carbocycles. The van der Waals surface area contributed by atoms with Crippen LogP contribution in [0.5, 0.6) is 0 Å². The summed E-state index contributed by atoms with van der Waals surface area (Å²) in [7, 11) is 0. The molecule has 0 unspecified atom stereocenters. The molecular formula is C28H24N4O5. The van der Waals surface area contributed by atoms with E-state index in [0.717, 1.165) is 21.0 Å². The first kappa shape index (κ1) is 23.8. The van der Waals surface area contributed by atoms with Crippen molar-refractivity contribution >= 4 is 33.7 Å². The third-order valence-electron chi connectivity index (χ3n) is 6.44. The van der Waals surface area contributed by atoms with E-state index in [1.54, 1.807) is 54.7 Å². The number of carboxylic acid groups (broad SMARTS) is 1. The van der Waals surface area contributed by atoms with Crippen LogP contribution in [0, 0.1) is 0 Å². The molecule has 9 heteroatoms. The number of amides is 1. The molecule has 9 nitrogen and oxygen atoms in total. The molecule has 0 bridgehead atoms. The molecule has 2 atom stereocenters. The Balaban J connectivity index is 1.52. The standard InChI is InChI=1S/C28H24N4O5/c33-25(30-23(27(35)36)15-18-16-29-21-12-6-4-10-19(18)21)24(14-17-8-2-1-3-9-17)32-26(34)20-11-5-7-13-22(20)31-28(32)37/h1-13,16,23-24,29H,14-15H2,(H,30,33)(H,31,37)(H,35,36)/t23-,24-/m1/s1. The van der Waals surface area contributed by atoms with Crippen LogP contribution >= 0.6 is 0 Å². The van der Waals surface area contributed by atoms with E-state index in [9.17, 15) is 24.3 Å². The lowest BCUT2D eigenvalue weighted by Crippen LogP contribution is -2.50. The van der Waals surface area contributed by atoms with Crippen LogP contribution in [0.2, 0.25) is 0 Å². The van der Waals surface area contributed by atoms with E-state index >= 15 is 0 Å². The van der Waals surface area contributed by atoms with Crippen LogP contribution in [-0.2, 0) is 22.4 Å². The molecule has 5 rings (SSSR count). The highest BCUT2D eigenvalue weighted by Crippen LogP contribution is 2.20. The van der Waals surface area contributed by atoms with Crippen LogP contribution in [0.3, 0.4) is 0 Å². The van der Waals surface area contributed by atoms with E-state index in [0.29, 0.717) is 11.1 Å². The zero-order valence-electron chi connectivity index (χ0n) is 19.7. The van der Waals surface area contributed by atoms with Gasteiger partial charge in [-0.15, -0.1) is 0 Å². The van der Waals surface area contributed by atoms with Crippen LogP contribution in [0.25, 0.3) is 21.8 Å². The second-order valence-corrected chi connectivity index (χ2v) is 8.82. The van der Waals surface area contributed by atoms with Crippen LogP contribution in [0.1, 0.15) is 17.2 Å². The number of hydrogen-bond acceptors (Lipinski definition) is 4. The smallest absolute Gasteiger partial charge is 0.329 e. The number of benzene rings is 3. The first-order valence-corrected chi connectivity index (χ1v) is 11.8. The van der Waals surface area contributed by atoms with Crippen molar-refractivity contribution in [3.8, 4) is 0 Å². The van der Waals surface area contributed by atoms with Crippen molar-refractivity contribution in [1.29, 1.82) is 0 Å². The molecule has 2 aromatic heterocycles. The molecule has 0 aliphatic heterocycles. The number of aliphatic carboxylic acids is 1. The van der Waals surface area contributed by atoms with Crippen molar-refractivity contribution in [2.75, 3.05) is 0 Å². The monoisotopic (exact) mass is 496 g/mol. The normalized spacial score (nSPS) is 12.9. The van der Waals surface area contributed by atoms with Gasteiger partial charge in [0.05, 0.1) is 10.9 Å². The van der Waals surface area contributed by atoms with Crippen molar-refractivity contribution in [2.45, 2.75) is 24.9 Å². The summed E-state index contributed by atoms with van der Waals surface area (Å²) < 4.78 is 0.870. The number of rotatable bonds is 8. The van der Waals surface area contributed by atoms with Crippen molar-refractivity contribution in [3.05, 3.63) is 117 Å². The molecule has 0 saturated heterocycles. The SMILES string of the molecule is O=C(N[C@H](Cc1c[nH]c2ccccc12)C(=O)O)[C@@H](Cc1ccccc1)n1c(=O)[nH]c2ccccc2c1=O. The highest BCUT2D eigenvalue weighted by molar-refractivity contribution is 5.88. The van der Waals surface area contributed by atoms with Gasteiger partial charge in [-0.25, -0.2) is 14.2 Å². The molecule has 0 fully saturated rings. The topological polar surface area (TPSA) is 137 Å². The summed E-state index contributed by atoms with van der Waals surface area (Å²) in [6, 6.07) is 20.4. The fourth-order valence-corrected chi connectivity index (χ4v) is 4.59. The number of hydrogen-bond donors (Lipinski definition) is 4. The second kappa shape index (κ2) is 9.98. The number of carboxylic acids is 1. The molecule has 186 valence electrons. The Kier molecular flexibility index (Phi) is 6.42. The number of para-hydroxylation sites is 2. The molecule has 5 aromatic rings. The molecule has 0 radical (unpaired) electrons. The van der Waals surface area contributed by atoms with Crippen LogP contribution in [0.15, 0.2) is 94.6 Å². The number of carbonyl (C=O) groups is 2. The van der Waals surface area contributed by atoms with Gasteiger partial charge in [0.15, 0.2) is 0 Å². The second-order valence-electron chi connectivity index (χ2n) is 8.82. The van der Waals surface area contributed by atoms with Crippen molar-refractivity contribution in [2.24, 2.45) is 0 Å². The van der Waals surface area contributed by atoms with E-state index in [1.807, 2.05) is 30.3 Å². The van der Waals surface area contributed by atoms with E-state index in [1.165, 1.54) is 0 Å². The molecule has 0 saturated carbocycles. The number of nitrogens with zero attached hydrogens (tertiary/aromatic N) is 1. The van der Waals surface area contributed by atoms with Crippen molar-refractivity contribution < 1.29 is 14.7 Å². The van der Waals surface area contributed by atoms with E-state index in [4.69, 9.17) is 0 Å². The highest BCUT2D eigenvalue weighted by Gasteiger charge is 2.30. The molecule has 4 N–H and O–H groups in total. The minimum absolute atomic E-state index is 0.0200. The van der Waals surface area contributed by atoms with Gasteiger partial charge in [0.2, 0.25) is 5.91 Å². The first-order valence-electron chi connectivity index (χ1n) is 11.8. The quantitative estimate of drug-likeness (QED) is 0.262. The third-order valence-corrected chi connectivity index (χ3v) is 6.44. The molecule has 37 heavy (non-hydrogen) atoms. The predicted octanol–water partition coefficient (Wildman–Crippen LogP) is 2.77. The van der Waals surface area contributed by atoms with Gasteiger partial charge in [-0.2, -0.15) is 0 Å². The van der Waals surface area contributed by atoms with Crippen molar-refractivity contribution in [1.82, 2.24) is 19.9 Å². The molecule has 3 aromatic carbocycles. The summed E-state index contributed by atoms with van der Waals surface area (Å²) >= 11 is 0. The summed E-state index contributed by atoms with van der Waals surface area (Å²) in [4.78, 5) is 57.9. The Hall–Kier alpha value is -4.92. The summed E-state index contributed by atoms with van der Waals surface area (Å²) in [5, 5.41) is 13.6. The first-order chi connectivity index (χ1) is 17.9. The number of carbonyl (C=O) groups excluding carboxylic acids is 1. The van der Waals surface area contributed by atoms with E-state index in [-0.39, 0.29) is 18.2 Å². The fourth-order valence-electron chi connectivity index (χ4n) is 4.59. The average molecular weight is 497 g/mol. The Morgan fingerprint density at radius 2 is 1.49 bits per heavy atom. The van der Waals surface area contributed by atoms with Crippen LogP contribution in [-0.4, -0.2) is 37.6 Å². The Morgan fingerprint density at radius 3 is 2.22 bits per heavy atom. The lowest BCUT2D eigenvalue weighted by Gasteiger charge is -2.22. The van der Waals surface area contributed by atoms with E-state index in [2.05, 4.69) is 15.3 Å². The summed E-state index contributed by atoms with van der Waals surface area (Å²) in [5.74, 6) is -1.96. The molecule has 0 aliphatic rings. The Labute approximate surface area is 210 Å². The largest absolute Gasteiger partial charge is 0.480 e. The number of nitrogens with one attached hydrogen (secondary N) is 3. The number of fused-ring (bicyclic) bond motifs is 2. The summed E-state index contributed by atoms with van der Waals surface area (Å²) in [6.07, 6.45) is 1.76. The maximum atomic E-state index is 13.6. The van der Waals surface area contributed by atoms with Gasteiger partial charge in [-0.1, -0.05) is 60.7 Å². The average Bonchev–Trinajstić information content (AvgIpc) is 3.31. The highest BCUT2D eigenvalue weighted by atomic mass is 16.4. The molecule has 2 heterocycles. The van der Waals surface area contributed by atoms with Gasteiger partial charge >= 0.3 is 11.7 Å². The lowest BCUT2D eigenvalue weighted by molar-refractivity contribution is -0.142. The zero-order valence-corrected chi connectivity index (χ0v) is 19.7. The van der Waals surface area contributed by atoms with Crippen LogP contribution in [0.4, 0.5) is 0 Å². The van der Waals surface area contributed by atoms with E-state index < -0.39 is 35.2 Å². The van der Waals surface area contributed by atoms with Gasteiger partial charge in [0.1, 0.15) is 12.1 Å². The minimum atomic E-state index is -1.28. The molecule has 1 amide bonds. The van der Waals surface area contributed by atoms with Crippen LogP contribution < -0.4 is 16.6 Å². The maximum absolute atomic E-state index is 13.6. The van der Waals surface area contributed by atoms with Gasteiger partial charge in [-0.3, -0.25) is 9.59 Å². The number of aromatic amines is 2. The summed E-state index contributed by atoms with van der Waals surface area (Å²) in [6.45, 7) is 0. The predicted molar refractivity (Wildman–Crippen MR) is 140 cm³/mol. The fraction of sp³-hybridized carbons (Fsp3) is 0.143. The minimum Gasteiger partial charge on any atom is -0.480 e. The van der Waals surface area contributed by atoms with Gasteiger partial charge in [-0.05, 0) is 29.3 Å². The van der Waals surface area contributed by atoms with Gasteiger partial charge in [0.25, 0.3) is 5.56 Å². The van der Waals surface area contributed by atoms with Gasteiger partial charge < -0.3 is 20.4 Å². The maximum Gasteiger partial charge on any atom is 0.329 e.